The first-order valence-electron chi connectivity index (χ1n) is 7.83. The Kier molecular flexibility index (Phi) is 4.74. The maximum absolute atomic E-state index is 11.2. The maximum atomic E-state index is 11.2. The molecule has 0 aromatic heterocycles. The van der Waals surface area contributed by atoms with Gasteiger partial charge >= 0.3 is 0 Å². The van der Waals surface area contributed by atoms with Crippen molar-refractivity contribution >= 4 is 17.1 Å². The molecular weight excluding hydrogens is 284 g/mol. The minimum Gasteiger partial charge on any atom is -0.377 e. The Morgan fingerprint density at radius 3 is 2.91 bits per heavy atom. The zero-order valence-electron chi connectivity index (χ0n) is 12.6. The van der Waals surface area contributed by atoms with Gasteiger partial charge < -0.3 is 20.3 Å². The summed E-state index contributed by atoms with van der Waals surface area (Å²) in [5, 5.41) is 17.7. The maximum Gasteiger partial charge on any atom is 0.292 e. The summed E-state index contributed by atoms with van der Waals surface area (Å²) >= 11 is 0. The molecule has 2 N–H and O–H groups in total. The van der Waals surface area contributed by atoms with E-state index >= 15 is 0 Å². The molecule has 7 heteroatoms. The van der Waals surface area contributed by atoms with Crippen molar-refractivity contribution in [2.24, 2.45) is 0 Å². The van der Waals surface area contributed by atoms with E-state index in [4.69, 9.17) is 4.74 Å². The van der Waals surface area contributed by atoms with Gasteiger partial charge in [0.2, 0.25) is 0 Å². The van der Waals surface area contributed by atoms with Crippen LogP contribution in [0.15, 0.2) is 18.2 Å². The van der Waals surface area contributed by atoms with Crippen molar-refractivity contribution < 1.29 is 9.66 Å². The van der Waals surface area contributed by atoms with Crippen LogP contribution in [0.4, 0.5) is 17.1 Å². The summed E-state index contributed by atoms with van der Waals surface area (Å²) in [5.74, 6) is 0. The molecule has 1 aromatic rings. The first-order valence-corrected chi connectivity index (χ1v) is 7.83. The van der Waals surface area contributed by atoms with Crippen molar-refractivity contribution in [1.29, 1.82) is 0 Å². The molecule has 7 nitrogen and oxygen atoms in total. The summed E-state index contributed by atoms with van der Waals surface area (Å²) in [7, 11) is 0. The molecule has 1 atom stereocenters. The zero-order valence-corrected chi connectivity index (χ0v) is 12.6. The number of nitro benzene ring substituents is 1. The van der Waals surface area contributed by atoms with Crippen LogP contribution in [0.25, 0.3) is 0 Å². The zero-order chi connectivity index (χ0) is 15.4. The number of nitrogens with one attached hydrogen (secondary N) is 2. The van der Waals surface area contributed by atoms with Gasteiger partial charge in [0.1, 0.15) is 5.69 Å². The van der Waals surface area contributed by atoms with Crippen molar-refractivity contribution in [1.82, 2.24) is 5.32 Å². The summed E-state index contributed by atoms with van der Waals surface area (Å²) in [6, 6.07) is 5.31. The molecule has 2 aliphatic rings. The molecule has 2 saturated heterocycles. The standard InChI is InChI=1S/C15H22N4O3/c20-19(21)15-4-3-12(18-7-5-16-6-8-18)10-14(15)17-11-13-2-1-9-22-13/h3-4,10,13,16-17H,1-2,5-9,11H2/t13-/m1/s1. The number of rotatable bonds is 5. The number of piperazine rings is 1. The molecule has 2 heterocycles. The predicted molar refractivity (Wildman–Crippen MR) is 85.6 cm³/mol. The number of hydrogen-bond acceptors (Lipinski definition) is 6. The van der Waals surface area contributed by atoms with Crippen LogP contribution >= 0.6 is 0 Å². The molecule has 0 radical (unpaired) electrons. The molecule has 120 valence electrons. The van der Waals surface area contributed by atoms with Gasteiger partial charge in [-0.2, -0.15) is 0 Å². The lowest BCUT2D eigenvalue weighted by atomic mass is 10.2. The Morgan fingerprint density at radius 2 is 2.23 bits per heavy atom. The van der Waals surface area contributed by atoms with Crippen LogP contribution in [-0.2, 0) is 4.74 Å². The van der Waals surface area contributed by atoms with Gasteiger partial charge in [0.05, 0.1) is 11.0 Å². The van der Waals surface area contributed by atoms with Crippen LogP contribution in [0.3, 0.4) is 0 Å². The van der Waals surface area contributed by atoms with Crippen molar-refractivity contribution in [2.75, 3.05) is 49.5 Å². The molecule has 0 unspecified atom stereocenters. The van der Waals surface area contributed by atoms with E-state index in [-0.39, 0.29) is 16.7 Å². The first-order chi connectivity index (χ1) is 10.7. The first kappa shape index (κ1) is 15.1. The molecule has 0 aliphatic carbocycles. The topological polar surface area (TPSA) is 79.7 Å². The van der Waals surface area contributed by atoms with Crippen molar-refractivity contribution in [3.05, 3.63) is 28.3 Å². The highest BCUT2D eigenvalue weighted by Crippen LogP contribution is 2.30. The number of ether oxygens (including phenoxy) is 1. The van der Waals surface area contributed by atoms with E-state index in [0.29, 0.717) is 12.2 Å². The second-order valence-electron chi connectivity index (χ2n) is 5.71. The van der Waals surface area contributed by atoms with E-state index in [0.717, 1.165) is 51.3 Å². The third-order valence-corrected chi connectivity index (χ3v) is 4.20. The van der Waals surface area contributed by atoms with Crippen molar-refractivity contribution in [3.8, 4) is 0 Å². The second-order valence-corrected chi connectivity index (χ2v) is 5.71. The molecular formula is C15H22N4O3. The van der Waals surface area contributed by atoms with Crippen LogP contribution in [0.5, 0.6) is 0 Å². The minimum atomic E-state index is -0.334. The summed E-state index contributed by atoms with van der Waals surface area (Å²) in [6.07, 6.45) is 2.23. The fraction of sp³-hybridized carbons (Fsp3) is 0.600. The van der Waals surface area contributed by atoms with E-state index in [9.17, 15) is 10.1 Å². The highest BCUT2D eigenvalue weighted by molar-refractivity contribution is 5.69. The highest BCUT2D eigenvalue weighted by atomic mass is 16.6. The quantitative estimate of drug-likeness (QED) is 0.635. The largest absolute Gasteiger partial charge is 0.377 e. The Labute approximate surface area is 129 Å². The predicted octanol–water partition coefficient (Wildman–Crippen LogP) is 1.60. The van der Waals surface area contributed by atoms with Crippen molar-refractivity contribution in [2.45, 2.75) is 18.9 Å². The molecule has 0 amide bonds. The molecule has 2 fully saturated rings. The van der Waals surface area contributed by atoms with E-state index in [1.54, 1.807) is 6.07 Å². The van der Waals surface area contributed by atoms with Gasteiger partial charge in [0.25, 0.3) is 5.69 Å². The van der Waals surface area contributed by atoms with Gasteiger partial charge in [-0.1, -0.05) is 0 Å². The fourth-order valence-electron chi connectivity index (χ4n) is 2.97. The second kappa shape index (κ2) is 6.93. The van der Waals surface area contributed by atoms with Gasteiger partial charge in [-0.15, -0.1) is 0 Å². The molecule has 0 spiro atoms. The van der Waals surface area contributed by atoms with E-state index in [1.807, 2.05) is 12.1 Å². The van der Waals surface area contributed by atoms with E-state index in [2.05, 4.69) is 15.5 Å². The minimum absolute atomic E-state index is 0.122. The Morgan fingerprint density at radius 1 is 1.41 bits per heavy atom. The molecule has 22 heavy (non-hydrogen) atoms. The Balaban J connectivity index is 1.75. The van der Waals surface area contributed by atoms with Gasteiger partial charge in [-0.3, -0.25) is 10.1 Å². The normalized spacial score (nSPS) is 21.8. The van der Waals surface area contributed by atoms with Crippen LogP contribution in [0, 0.1) is 10.1 Å². The Bertz CT molecular complexity index is 526. The smallest absolute Gasteiger partial charge is 0.292 e. The molecule has 0 saturated carbocycles. The number of benzene rings is 1. The average Bonchev–Trinajstić information content (AvgIpc) is 3.07. The monoisotopic (exact) mass is 306 g/mol. The number of anilines is 2. The lowest BCUT2D eigenvalue weighted by molar-refractivity contribution is -0.383. The number of hydrogen-bond donors (Lipinski definition) is 2. The molecule has 1 aromatic carbocycles. The SMILES string of the molecule is O=[N+]([O-])c1ccc(N2CCNCC2)cc1NC[C@H]1CCCO1. The third-order valence-electron chi connectivity index (χ3n) is 4.20. The van der Waals surface area contributed by atoms with Crippen LogP contribution in [0.1, 0.15) is 12.8 Å². The van der Waals surface area contributed by atoms with Gasteiger partial charge in [0.15, 0.2) is 0 Å². The molecule has 3 rings (SSSR count). The summed E-state index contributed by atoms with van der Waals surface area (Å²) in [5.41, 5.74) is 1.73. The summed E-state index contributed by atoms with van der Waals surface area (Å²) < 4.78 is 5.57. The summed E-state index contributed by atoms with van der Waals surface area (Å²) in [4.78, 5) is 13.1. The fourth-order valence-corrected chi connectivity index (χ4v) is 2.97. The Hall–Kier alpha value is -1.86. The lowest BCUT2D eigenvalue weighted by Crippen LogP contribution is -2.43. The number of nitrogens with zero attached hydrogens (tertiary/aromatic N) is 2. The van der Waals surface area contributed by atoms with Gasteiger partial charge in [0, 0.05) is 51.1 Å². The van der Waals surface area contributed by atoms with E-state index in [1.165, 1.54) is 0 Å². The van der Waals surface area contributed by atoms with E-state index < -0.39 is 0 Å². The number of nitro groups is 1. The summed E-state index contributed by atoms with van der Waals surface area (Å²) in [6.45, 7) is 5.12. The molecule has 0 bridgehead atoms. The van der Waals surface area contributed by atoms with Crippen LogP contribution in [-0.4, -0.2) is 50.4 Å². The van der Waals surface area contributed by atoms with Gasteiger partial charge in [-0.05, 0) is 25.0 Å². The van der Waals surface area contributed by atoms with Crippen molar-refractivity contribution in [3.63, 3.8) is 0 Å². The lowest BCUT2D eigenvalue weighted by Gasteiger charge is -2.29. The average molecular weight is 306 g/mol. The van der Waals surface area contributed by atoms with Gasteiger partial charge in [-0.25, -0.2) is 0 Å². The molecule has 2 aliphatic heterocycles. The highest BCUT2D eigenvalue weighted by Gasteiger charge is 2.20. The third kappa shape index (κ3) is 3.48. The van der Waals surface area contributed by atoms with Crippen LogP contribution < -0.4 is 15.5 Å². The van der Waals surface area contributed by atoms with Crippen LogP contribution in [0.2, 0.25) is 0 Å².